The number of rotatable bonds is 6. The molecule has 1 aliphatic rings. The molecular weight excluding hydrogens is 300 g/mol. The highest BCUT2D eigenvalue weighted by Gasteiger charge is 2.36. The molecule has 1 heterocycles. The second-order valence-electron chi connectivity index (χ2n) is 4.94. The molecule has 1 fully saturated rings. The predicted octanol–water partition coefficient (Wildman–Crippen LogP) is 0.0831. The maximum atomic E-state index is 12.0. The lowest BCUT2D eigenvalue weighted by molar-refractivity contribution is -0.115. The zero-order valence-electron chi connectivity index (χ0n) is 13.1. The number of nitrogens with two attached hydrogens (primary N) is 1. The molecule has 0 aliphatic carbocycles. The molecule has 23 heavy (non-hydrogen) atoms. The molecule has 0 aromatic heterocycles. The van der Waals surface area contributed by atoms with Gasteiger partial charge >= 0.3 is 6.03 Å². The first-order chi connectivity index (χ1) is 11.1. The number of urea groups is 1. The van der Waals surface area contributed by atoms with Gasteiger partial charge in [-0.15, -0.1) is 0 Å². The van der Waals surface area contributed by atoms with Crippen molar-refractivity contribution in [3.05, 3.63) is 35.9 Å². The van der Waals surface area contributed by atoms with Gasteiger partial charge in [0.1, 0.15) is 11.9 Å². The smallest absolute Gasteiger partial charge is 0.326 e. The van der Waals surface area contributed by atoms with Crippen LogP contribution < -0.4 is 11.1 Å². The summed E-state index contributed by atoms with van der Waals surface area (Å²) in [6.07, 6.45) is -1.51. The second kappa shape index (κ2) is 7.82. The lowest BCUT2D eigenvalue weighted by atomic mass is 10.1. The van der Waals surface area contributed by atoms with Crippen LogP contribution in [-0.2, 0) is 20.8 Å². The van der Waals surface area contributed by atoms with Crippen LogP contribution in [0.4, 0.5) is 4.79 Å². The molecule has 1 aliphatic heterocycles. The SMILES string of the molecule is COC(CN=C1C(=O)NC(=O)N(Cc2ccccc2)C1N)OC. The van der Waals surface area contributed by atoms with Gasteiger partial charge in [0.05, 0.1) is 6.54 Å². The molecule has 0 radical (unpaired) electrons. The Morgan fingerprint density at radius 2 is 1.91 bits per heavy atom. The molecule has 8 nitrogen and oxygen atoms in total. The molecule has 124 valence electrons. The predicted molar refractivity (Wildman–Crippen MR) is 83.6 cm³/mol. The number of ether oxygens (including phenoxy) is 2. The monoisotopic (exact) mass is 320 g/mol. The van der Waals surface area contributed by atoms with Crippen LogP contribution in [0.3, 0.4) is 0 Å². The van der Waals surface area contributed by atoms with Gasteiger partial charge in [0, 0.05) is 20.8 Å². The molecule has 8 heteroatoms. The fraction of sp³-hybridized carbons (Fsp3) is 0.400. The number of amides is 3. The molecule has 3 amide bonds. The highest BCUT2D eigenvalue weighted by molar-refractivity contribution is 6.44. The number of nitrogens with one attached hydrogen (secondary N) is 1. The Balaban J connectivity index is 2.15. The van der Waals surface area contributed by atoms with Gasteiger partial charge in [0.25, 0.3) is 5.91 Å². The number of hydrogen-bond acceptors (Lipinski definition) is 6. The number of methoxy groups -OCH3 is 2. The average molecular weight is 320 g/mol. The Hall–Kier alpha value is -2.29. The lowest BCUT2D eigenvalue weighted by Gasteiger charge is -2.33. The number of carbonyl (C=O) groups is 2. The summed E-state index contributed by atoms with van der Waals surface area (Å²) in [6, 6.07) is 8.82. The first-order valence-electron chi connectivity index (χ1n) is 7.08. The molecule has 1 saturated heterocycles. The van der Waals surface area contributed by atoms with E-state index in [2.05, 4.69) is 10.3 Å². The maximum Gasteiger partial charge on any atom is 0.326 e. The van der Waals surface area contributed by atoms with E-state index >= 15 is 0 Å². The summed E-state index contributed by atoms with van der Waals surface area (Å²) in [6.45, 7) is 0.384. The maximum absolute atomic E-state index is 12.0. The third-order valence-corrected chi connectivity index (χ3v) is 3.46. The molecule has 0 bridgehead atoms. The Morgan fingerprint density at radius 1 is 1.26 bits per heavy atom. The van der Waals surface area contributed by atoms with E-state index in [0.29, 0.717) is 0 Å². The van der Waals surface area contributed by atoms with Crippen molar-refractivity contribution in [3.8, 4) is 0 Å². The summed E-state index contributed by atoms with van der Waals surface area (Å²) < 4.78 is 10.0. The third-order valence-electron chi connectivity index (χ3n) is 3.46. The summed E-state index contributed by atoms with van der Waals surface area (Å²) in [5.41, 5.74) is 7.02. The van der Waals surface area contributed by atoms with E-state index in [0.717, 1.165) is 5.56 Å². The van der Waals surface area contributed by atoms with Gasteiger partial charge in [-0.3, -0.25) is 20.0 Å². The standard InChI is InChI=1S/C15H20N4O4/c1-22-11(23-2)8-17-12-13(16)19(15(21)18-14(12)20)9-10-6-4-3-5-7-10/h3-7,11,13H,8-9,16H2,1-2H3,(H,18,20,21). The van der Waals surface area contributed by atoms with Gasteiger partial charge < -0.3 is 15.2 Å². The Kier molecular flexibility index (Phi) is 5.80. The zero-order valence-corrected chi connectivity index (χ0v) is 13.1. The fourth-order valence-electron chi connectivity index (χ4n) is 2.17. The molecule has 1 aromatic carbocycles. The van der Waals surface area contributed by atoms with Crippen LogP contribution >= 0.6 is 0 Å². The van der Waals surface area contributed by atoms with Gasteiger partial charge in [-0.25, -0.2) is 4.79 Å². The zero-order chi connectivity index (χ0) is 16.8. The number of carbonyl (C=O) groups excluding carboxylic acids is 2. The fourth-order valence-corrected chi connectivity index (χ4v) is 2.17. The van der Waals surface area contributed by atoms with Gasteiger partial charge in [0.15, 0.2) is 6.29 Å². The Labute approximate surface area is 134 Å². The van der Waals surface area contributed by atoms with Crippen molar-refractivity contribution >= 4 is 17.6 Å². The van der Waals surface area contributed by atoms with Crippen LogP contribution in [0.1, 0.15) is 5.56 Å². The first-order valence-corrected chi connectivity index (χ1v) is 7.08. The molecule has 1 unspecified atom stereocenters. The third kappa shape index (κ3) is 4.13. The molecule has 0 spiro atoms. The minimum Gasteiger partial charge on any atom is -0.354 e. The summed E-state index contributed by atoms with van der Waals surface area (Å²) in [5, 5.41) is 2.25. The van der Waals surface area contributed by atoms with Crippen molar-refractivity contribution in [1.82, 2.24) is 10.2 Å². The lowest BCUT2D eigenvalue weighted by Crippen LogP contribution is -2.63. The van der Waals surface area contributed by atoms with Crippen molar-refractivity contribution in [2.45, 2.75) is 19.0 Å². The summed E-state index contributed by atoms with van der Waals surface area (Å²) in [5.74, 6) is -0.599. The Bertz CT molecular complexity index is 586. The Morgan fingerprint density at radius 3 is 2.52 bits per heavy atom. The van der Waals surface area contributed by atoms with Crippen LogP contribution in [0.5, 0.6) is 0 Å². The summed E-state index contributed by atoms with van der Waals surface area (Å²) in [7, 11) is 2.95. The largest absolute Gasteiger partial charge is 0.354 e. The number of nitrogens with zero attached hydrogens (tertiary/aromatic N) is 2. The van der Waals surface area contributed by atoms with Crippen LogP contribution in [0, 0.1) is 0 Å². The molecule has 0 saturated carbocycles. The van der Waals surface area contributed by atoms with Crippen molar-refractivity contribution in [1.29, 1.82) is 0 Å². The van der Waals surface area contributed by atoms with Crippen molar-refractivity contribution in [2.75, 3.05) is 20.8 Å². The average Bonchev–Trinajstić information content (AvgIpc) is 2.56. The number of aliphatic imine (C=N–C) groups is 1. The van der Waals surface area contributed by atoms with E-state index in [4.69, 9.17) is 15.2 Å². The highest BCUT2D eigenvalue weighted by Crippen LogP contribution is 2.11. The summed E-state index contributed by atoms with van der Waals surface area (Å²) in [4.78, 5) is 29.5. The van der Waals surface area contributed by atoms with E-state index in [-0.39, 0.29) is 18.8 Å². The van der Waals surface area contributed by atoms with E-state index in [1.807, 2.05) is 30.3 Å². The molecule has 1 atom stereocenters. The van der Waals surface area contributed by atoms with Crippen LogP contribution in [0.2, 0.25) is 0 Å². The number of hydrogen-bond donors (Lipinski definition) is 2. The number of benzene rings is 1. The molecule has 3 N–H and O–H groups in total. The highest BCUT2D eigenvalue weighted by atomic mass is 16.7. The molecular formula is C15H20N4O4. The first kappa shape index (κ1) is 17.1. The van der Waals surface area contributed by atoms with Crippen molar-refractivity contribution < 1.29 is 19.1 Å². The minimum absolute atomic E-state index is 0.0691. The van der Waals surface area contributed by atoms with Gasteiger partial charge in [-0.05, 0) is 5.56 Å². The minimum atomic E-state index is -0.925. The van der Waals surface area contributed by atoms with E-state index in [1.165, 1.54) is 19.1 Å². The van der Waals surface area contributed by atoms with Gasteiger partial charge in [-0.1, -0.05) is 30.3 Å². The molecule has 1 aromatic rings. The quantitative estimate of drug-likeness (QED) is 0.722. The van der Waals surface area contributed by atoms with Crippen LogP contribution in [0.25, 0.3) is 0 Å². The van der Waals surface area contributed by atoms with Crippen LogP contribution in [0.15, 0.2) is 35.3 Å². The topological polar surface area (TPSA) is 106 Å². The molecule has 2 rings (SSSR count). The van der Waals surface area contributed by atoms with Gasteiger partial charge in [-0.2, -0.15) is 0 Å². The second-order valence-corrected chi connectivity index (χ2v) is 4.94. The van der Waals surface area contributed by atoms with Crippen LogP contribution in [-0.4, -0.2) is 55.8 Å². The van der Waals surface area contributed by atoms with Crippen molar-refractivity contribution in [2.24, 2.45) is 10.7 Å². The van der Waals surface area contributed by atoms with Crippen molar-refractivity contribution in [3.63, 3.8) is 0 Å². The van der Waals surface area contributed by atoms with E-state index < -0.39 is 24.4 Å². The number of imide groups is 1. The van der Waals surface area contributed by atoms with Gasteiger partial charge in [0.2, 0.25) is 0 Å². The summed E-state index contributed by atoms with van der Waals surface area (Å²) >= 11 is 0. The van der Waals surface area contributed by atoms with E-state index in [1.54, 1.807) is 0 Å². The normalized spacial score (nSPS) is 20.3. The van der Waals surface area contributed by atoms with E-state index in [9.17, 15) is 9.59 Å².